The Morgan fingerprint density at radius 1 is 1.04 bits per heavy atom. The number of esters is 1. The zero-order chi connectivity index (χ0) is 19.2. The Bertz CT molecular complexity index is 883. The molecule has 0 aliphatic carbocycles. The van der Waals surface area contributed by atoms with Crippen molar-refractivity contribution < 1.29 is 18.7 Å². The maximum atomic E-state index is 12.3. The second kappa shape index (κ2) is 8.54. The molecule has 1 heterocycles. The summed E-state index contributed by atoms with van der Waals surface area (Å²) >= 11 is 0. The molecule has 0 radical (unpaired) electrons. The van der Waals surface area contributed by atoms with Crippen molar-refractivity contribution in [2.45, 2.75) is 38.8 Å². The largest absolute Gasteiger partial charge is 0.449 e. The molecule has 5 heteroatoms. The number of hydrogen-bond donors (Lipinski definition) is 1. The van der Waals surface area contributed by atoms with E-state index < -0.39 is 12.1 Å². The van der Waals surface area contributed by atoms with Gasteiger partial charge in [0.2, 0.25) is 5.76 Å². The van der Waals surface area contributed by atoms with Crippen molar-refractivity contribution in [1.29, 1.82) is 0 Å². The van der Waals surface area contributed by atoms with E-state index in [9.17, 15) is 9.59 Å². The van der Waals surface area contributed by atoms with Crippen LogP contribution in [0, 0.1) is 0 Å². The van der Waals surface area contributed by atoms with E-state index in [-0.39, 0.29) is 17.7 Å². The number of aryl methyl sites for hydroxylation is 1. The lowest BCUT2D eigenvalue weighted by Gasteiger charge is -2.17. The van der Waals surface area contributed by atoms with Gasteiger partial charge in [-0.2, -0.15) is 0 Å². The molecule has 140 valence electrons. The molecule has 2 aromatic carbocycles. The minimum atomic E-state index is -0.898. The smallest absolute Gasteiger partial charge is 0.375 e. The van der Waals surface area contributed by atoms with Crippen LogP contribution in [-0.4, -0.2) is 24.0 Å². The van der Waals surface area contributed by atoms with E-state index >= 15 is 0 Å². The van der Waals surface area contributed by atoms with E-state index in [4.69, 9.17) is 9.15 Å². The summed E-state index contributed by atoms with van der Waals surface area (Å²) in [5, 5.41) is 3.70. The van der Waals surface area contributed by atoms with Gasteiger partial charge in [0, 0.05) is 11.4 Å². The second-order valence-corrected chi connectivity index (χ2v) is 6.63. The number of carbonyl (C=O) groups excluding carboxylic acids is 2. The number of benzene rings is 2. The third kappa shape index (κ3) is 4.97. The highest BCUT2D eigenvalue weighted by atomic mass is 16.6. The van der Waals surface area contributed by atoms with Crippen molar-refractivity contribution in [3.05, 3.63) is 72.0 Å². The maximum Gasteiger partial charge on any atom is 0.375 e. The van der Waals surface area contributed by atoms with Crippen LogP contribution < -0.4 is 5.32 Å². The van der Waals surface area contributed by atoms with E-state index in [1.165, 1.54) is 5.56 Å². The number of ether oxygens (including phenoxy) is 1. The Morgan fingerprint density at radius 2 is 1.74 bits per heavy atom. The molecule has 3 aromatic rings. The van der Waals surface area contributed by atoms with Crippen molar-refractivity contribution in [1.82, 2.24) is 5.32 Å². The molecule has 3 rings (SSSR count). The monoisotopic (exact) mass is 365 g/mol. The first-order valence-electron chi connectivity index (χ1n) is 9.07. The molecular formula is C22H23NO4. The highest BCUT2D eigenvalue weighted by molar-refractivity contribution is 5.94. The summed E-state index contributed by atoms with van der Waals surface area (Å²) in [5.41, 5.74) is 1.83. The van der Waals surface area contributed by atoms with Crippen molar-refractivity contribution in [3.8, 4) is 0 Å². The Hall–Kier alpha value is -3.08. The second-order valence-electron chi connectivity index (χ2n) is 6.63. The Morgan fingerprint density at radius 3 is 2.48 bits per heavy atom. The fourth-order valence-corrected chi connectivity index (χ4v) is 2.81. The van der Waals surface area contributed by atoms with Gasteiger partial charge in [0.1, 0.15) is 5.58 Å². The first-order valence-corrected chi connectivity index (χ1v) is 9.07. The van der Waals surface area contributed by atoms with Gasteiger partial charge >= 0.3 is 5.97 Å². The molecule has 0 aliphatic rings. The standard InChI is InChI=1S/C22H23NO4/c1-15(12-13-17-8-4-3-5-9-17)23-21(24)16(2)26-22(25)20-14-18-10-6-7-11-19(18)27-20/h3-11,14-16H,12-13H2,1-2H3,(H,23,24)/t15-,16-/m0/s1. The normalized spacial score (nSPS) is 13.1. The van der Waals surface area contributed by atoms with Gasteiger partial charge in [-0.1, -0.05) is 48.5 Å². The summed E-state index contributed by atoms with van der Waals surface area (Å²) in [4.78, 5) is 24.5. The summed E-state index contributed by atoms with van der Waals surface area (Å²) in [6.07, 6.45) is 0.778. The lowest BCUT2D eigenvalue weighted by molar-refractivity contribution is -0.129. The van der Waals surface area contributed by atoms with E-state index in [0.29, 0.717) is 5.58 Å². The summed E-state index contributed by atoms with van der Waals surface area (Å²) in [6, 6.07) is 19.0. The van der Waals surface area contributed by atoms with Gasteiger partial charge < -0.3 is 14.5 Å². The lowest BCUT2D eigenvalue weighted by atomic mass is 10.1. The van der Waals surface area contributed by atoms with Gasteiger partial charge in [-0.25, -0.2) is 4.79 Å². The average Bonchev–Trinajstić information content (AvgIpc) is 3.11. The maximum absolute atomic E-state index is 12.3. The molecule has 0 aliphatic heterocycles. The molecule has 0 saturated carbocycles. The van der Waals surface area contributed by atoms with Crippen molar-refractivity contribution >= 4 is 22.8 Å². The molecule has 0 spiro atoms. The average molecular weight is 365 g/mol. The number of amides is 1. The number of carbonyl (C=O) groups is 2. The SMILES string of the molecule is C[C@H](OC(=O)c1cc2ccccc2o1)C(=O)N[C@@H](C)CCc1ccccc1. The molecule has 0 saturated heterocycles. The third-order valence-electron chi connectivity index (χ3n) is 4.38. The van der Waals surface area contributed by atoms with Crippen molar-refractivity contribution in [2.24, 2.45) is 0 Å². The number of nitrogens with one attached hydrogen (secondary N) is 1. The summed E-state index contributed by atoms with van der Waals surface area (Å²) < 4.78 is 10.7. The van der Waals surface area contributed by atoms with Gasteiger partial charge in [0.05, 0.1) is 0 Å². The topological polar surface area (TPSA) is 68.5 Å². The minimum Gasteiger partial charge on any atom is -0.449 e. The first kappa shape index (κ1) is 18.7. The molecule has 1 amide bonds. The molecule has 27 heavy (non-hydrogen) atoms. The zero-order valence-corrected chi connectivity index (χ0v) is 15.5. The first-order chi connectivity index (χ1) is 13.0. The van der Waals surface area contributed by atoms with Crippen LogP contribution in [-0.2, 0) is 16.0 Å². The van der Waals surface area contributed by atoms with E-state index in [1.807, 2.05) is 43.3 Å². The van der Waals surface area contributed by atoms with Gasteiger partial charge in [-0.15, -0.1) is 0 Å². The highest BCUT2D eigenvalue weighted by Gasteiger charge is 2.22. The number of para-hydroxylation sites is 1. The van der Waals surface area contributed by atoms with Crippen molar-refractivity contribution in [2.75, 3.05) is 0 Å². The fourth-order valence-electron chi connectivity index (χ4n) is 2.81. The molecule has 1 N–H and O–H groups in total. The van der Waals surface area contributed by atoms with E-state index in [2.05, 4.69) is 17.4 Å². The lowest BCUT2D eigenvalue weighted by Crippen LogP contribution is -2.41. The Kier molecular flexibility index (Phi) is 5.91. The van der Waals surface area contributed by atoms with Crippen LogP contribution in [0.3, 0.4) is 0 Å². The number of rotatable bonds is 7. The summed E-state index contributed by atoms with van der Waals surface area (Å²) in [6.45, 7) is 3.49. The predicted molar refractivity (Wildman–Crippen MR) is 103 cm³/mol. The van der Waals surface area contributed by atoms with Gasteiger partial charge in [-0.3, -0.25) is 4.79 Å². The number of hydrogen-bond acceptors (Lipinski definition) is 4. The molecule has 0 bridgehead atoms. The molecule has 0 unspecified atom stereocenters. The molecule has 5 nitrogen and oxygen atoms in total. The predicted octanol–water partition coefficient (Wildman–Crippen LogP) is 4.12. The minimum absolute atomic E-state index is 0.0231. The van der Waals surface area contributed by atoms with E-state index in [1.54, 1.807) is 19.1 Å². The number of furan rings is 1. The van der Waals surface area contributed by atoms with Gasteiger partial charge in [0.15, 0.2) is 6.10 Å². The third-order valence-corrected chi connectivity index (χ3v) is 4.38. The van der Waals surface area contributed by atoms with Crippen LogP contribution in [0.1, 0.15) is 36.4 Å². The van der Waals surface area contributed by atoms with Gasteiger partial charge in [0.25, 0.3) is 5.91 Å². The highest BCUT2D eigenvalue weighted by Crippen LogP contribution is 2.19. The van der Waals surface area contributed by atoms with Crippen LogP contribution in [0.5, 0.6) is 0 Å². The quantitative estimate of drug-likeness (QED) is 0.640. The Labute approximate surface area is 158 Å². The van der Waals surface area contributed by atoms with Crippen LogP contribution >= 0.6 is 0 Å². The Balaban J connectivity index is 1.49. The summed E-state index contributed by atoms with van der Waals surface area (Å²) in [7, 11) is 0. The van der Waals surface area contributed by atoms with Crippen LogP contribution in [0.15, 0.2) is 65.1 Å². The number of fused-ring (bicyclic) bond motifs is 1. The molecule has 0 fully saturated rings. The molecular weight excluding hydrogens is 342 g/mol. The van der Waals surface area contributed by atoms with E-state index in [0.717, 1.165) is 18.2 Å². The van der Waals surface area contributed by atoms with Crippen molar-refractivity contribution in [3.63, 3.8) is 0 Å². The molecule has 1 aromatic heterocycles. The van der Waals surface area contributed by atoms with Crippen LogP contribution in [0.25, 0.3) is 11.0 Å². The zero-order valence-electron chi connectivity index (χ0n) is 15.5. The molecule has 2 atom stereocenters. The fraction of sp³-hybridized carbons (Fsp3) is 0.273. The van der Waals surface area contributed by atoms with Gasteiger partial charge in [-0.05, 0) is 44.4 Å². The van der Waals surface area contributed by atoms with Crippen LogP contribution in [0.2, 0.25) is 0 Å². The van der Waals surface area contributed by atoms with Crippen LogP contribution in [0.4, 0.5) is 0 Å². The summed E-state index contributed by atoms with van der Waals surface area (Å²) in [5.74, 6) is -0.876.